The highest BCUT2D eigenvalue weighted by atomic mass is 79.9. The zero-order valence-electron chi connectivity index (χ0n) is 10.5. The molecule has 0 spiro atoms. The molecule has 0 bridgehead atoms. The van der Waals surface area contributed by atoms with Crippen molar-refractivity contribution in [3.05, 3.63) is 69.3 Å². The van der Waals surface area contributed by atoms with Gasteiger partial charge in [0.1, 0.15) is 0 Å². The maximum atomic E-state index is 12.4. The van der Waals surface area contributed by atoms with Gasteiger partial charge in [-0.15, -0.1) is 0 Å². The number of hydrogen-bond acceptors (Lipinski definition) is 1. The fraction of sp³-hybridized carbons (Fsp3) is 0.0625. The molecule has 0 saturated heterocycles. The van der Waals surface area contributed by atoms with Gasteiger partial charge >= 0.3 is 0 Å². The third kappa shape index (κ3) is 2.65. The Morgan fingerprint density at radius 3 is 2.85 bits per heavy atom. The van der Waals surface area contributed by atoms with E-state index in [-0.39, 0.29) is 5.78 Å². The van der Waals surface area contributed by atoms with E-state index in [0.717, 1.165) is 20.9 Å². The van der Waals surface area contributed by atoms with Crippen molar-refractivity contribution >= 4 is 44.2 Å². The second kappa shape index (κ2) is 5.43. The molecule has 0 radical (unpaired) electrons. The fourth-order valence-corrected chi connectivity index (χ4v) is 2.87. The number of nitrogens with one attached hydrogen (secondary N) is 1. The first-order chi connectivity index (χ1) is 9.63. The number of rotatable bonds is 3. The zero-order valence-corrected chi connectivity index (χ0v) is 12.8. The first kappa shape index (κ1) is 13.4. The van der Waals surface area contributed by atoms with Crippen molar-refractivity contribution in [2.45, 2.75) is 6.42 Å². The average molecular weight is 349 g/mol. The second-order valence-electron chi connectivity index (χ2n) is 4.62. The summed E-state index contributed by atoms with van der Waals surface area (Å²) >= 11 is 9.42. The molecule has 0 fully saturated rings. The predicted molar refractivity (Wildman–Crippen MR) is 85.5 cm³/mol. The molecule has 2 aromatic carbocycles. The van der Waals surface area contributed by atoms with Crippen LogP contribution in [0.5, 0.6) is 0 Å². The van der Waals surface area contributed by atoms with E-state index in [1.165, 1.54) is 0 Å². The van der Waals surface area contributed by atoms with Crippen molar-refractivity contribution in [3.8, 4) is 0 Å². The highest BCUT2D eigenvalue weighted by molar-refractivity contribution is 9.10. The number of Topliss-reactive ketones (excluding diaryl/α,β-unsaturated/α-hetero) is 1. The molecular formula is C16H11BrClNO. The van der Waals surface area contributed by atoms with Crippen molar-refractivity contribution < 1.29 is 4.79 Å². The van der Waals surface area contributed by atoms with Crippen LogP contribution in [0.4, 0.5) is 0 Å². The predicted octanol–water partition coefficient (Wildman–Crippen LogP) is 5.01. The summed E-state index contributed by atoms with van der Waals surface area (Å²) in [6.07, 6.45) is 2.13. The Morgan fingerprint density at radius 2 is 2.05 bits per heavy atom. The van der Waals surface area contributed by atoms with Crippen LogP contribution >= 0.6 is 27.5 Å². The number of H-pyrrole nitrogens is 1. The highest BCUT2D eigenvalue weighted by Gasteiger charge is 2.13. The van der Waals surface area contributed by atoms with Crippen LogP contribution in [-0.2, 0) is 6.42 Å². The first-order valence-electron chi connectivity index (χ1n) is 6.18. The number of aromatic nitrogens is 1. The molecule has 1 N–H and O–H groups in total. The van der Waals surface area contributed by atoms with Crippen molar-refractivity contribution in [2.24, 2.45) is 0 Å². The van der Waals surface area contributed by atoms with Crippen molar-refractivity contribution in [1.29, 1.82) is 0 Å². The van der Waals surface area contributed by atoms with Crippen LogP contribution in [0.25, 0.3) is 10.9 Å². The smallest absolute Gasteiger partial charge is 0.169 e. The van der Waals surface area contributed by atoms with Gasteiger partial charge in [0.25, 0.3) is 0 Å². The van der Waals surface area contributed by atoms with Gasteiger partial charge in [0, 0.05) is 38.6 Å². The molecule has 2 nitrogen and oxygen atoms in total. The zero-order chi connectivity index (χ0) is 14.1. The summed E-state index contributed by atoms with van der Waals surface area (Å²) in [5.74, 6) is 0.0802. The summed E-state index contributed by atoms with van der Waals surface area (Å²) in [7, 11) is 0. The van der Waals surface area contributed by atoms with Crippen molar-refractivity contribution in [2.75, 3.05) is 0 Å². The molecule has 0 amide bonds. The summed E-state index contributed by atoms with van der Waals surface area (Å²) in [5, 5.41) is 1.51. The molecule has 3 rings (SSSR count). The van der Waals surface area contributed by atoms with E-state index in [9.17, 15) is 4.79 Å². The van der Waals surface area contributed by atoms with Gasteiger partial charge < -0.3 is 4.98 Å². The number of halogens is 2. The van der Waals surface area contributed by atoms with Crippen LogP contribution < -0.4 is 0 Å². The molecule has 1 aromatic heterocycles. The minimum atomic E-state index is 0.0802. The van der Waals surface area contributed by atoms with E-state index in [2.05, 4.69) is 20.9 Å². The Hall–Kier alpha value is -1.58. The molecular weight excluding hydrogens is 338 g/mol. The molecule has 0 saturated carbocycles. The SMILES string of the molecule is O=C(Cc1cccc(Br)c1)c1c[nH]c2ccc(Cl)cc12. The van der Waals surface area contributed by atoms with E-state index in [0.29, 0.717) is 17.0 Å². The Labute approximate surface area is 129 Å². The van der Waals surface area contributed by atoms with Gasteiger partial charge in [-0.05, 0) is 35.9 Å². The molecule has 0 aliphatic rings. The highest BCUT2D eigenvalue weighted by Crippen LogP contribution is 2.24. The lowest BCUT2D eigenvalue weighted by molar-refractivity contribution is 0.0994. The maximum absolute atomic E-state index is 12.4. The molecule has 0 aliphatic carbocycles. The van der Waals surface area contributed by atoms with Crippen LogP contribution in [0.2, 0.25) is 5.02 Å². The van der Waals surface area contributed by atoms with Gasteiger partial charge in [-0.1, -0.05) is 39.7 Å². The summed E-state index contributed by atoms with van der Waals surface area (Å²) in [6, 6.07) is 13.3. The number of fused-ring (bicyclic) bond motifs is 1. The average Bonchev–Trinajstić information content (AvgIpc) is 2.81. The van der Waals surface area contributed by atoms with Crippen LogP contribution in [0, 0.1) is 0 Å². The number of ketones is 1. The summed E-state index contributed by atoms with van der Waals surface area (Å²) in [5.41, 5.74) is 2.59. The lowest BCUT2D eigenvalue weighted by Gasteiger charge is -2.01. The van der Waals surface area contributed by atoms with Crippen LogP contribution in [0.15, 0.2) is 53.1 Å². The minimum Gasteiger partial charge on any atom is -0.360 e. The van der Waals surface area contributed by atoms with E-state index < -0.39 is 0 Å². The molecule has 0 aliphatic heterocycles. The van der Waals surface area contributed by atoms with E-state index in [1.54, 1.807) is 6.20 Å². The largest absolute Gasteiger partial charge is 0.360 e. The normalized spacial score (nSPS) is 10.9. The van der Waals surface area contributed by atoms with Gasteiger partial charge in [-0.3, -0.25) is 4.79 Å². The third-order valence-corrected chi connectivity index (χ3v) is 3.93. The van der Waals surface area contributed by atoms with Gasteiger partial charge in [-0.2, -0.15) is 0 Å². The lowest BCUT2D eigenvalue weighted by Crippen LogP contribution is -2.02. The van der Waals surface area contributed by atoms with Crippen molar-refractivity contribution in [3.63, 3.8) is 0 Å². The Balaban J connectivity index is 1.94. The van der Waals surface area contributed by atoms with E-state index >= 15 is 0 Å². The number of carbonyl (C=O) groups is 1. The Morgan fingerprint density at radius 1 is 1.20 bits per heavy atom. The molecule has 0 unspecified atom stereocenters. The molecule has 3 aromatic rings. The molecule has 0 atom stereocenters. The third-order valence-electron chi connectivity index (χ3n) is 3.20. The van der Waals surface area contributed by atoms with Gasteiger partial charge in [0.05, 0.1) is 0 Å². The van der Waals surface area contributed by atoms with Gasteiger partial charge in [-0.25, -0.2) is 0 Å². The molecule has 100 valence electrons. The first-order valence-corrected chi connectivity index (χ1v) is 7.35. The summed E-state index contributed by atoms with van der Waals surface area (Å²) in [6.45, 7) is 0. The fourth-order valence-electron chi connectivity index (χ4n) is 2.25. The van der Waals surface area contributed by atoms with E-state index in [1.807, 2.05) is 42.5 Å². The quantitative estimate of drug-likeness (QED) is 0.663. The number of benzene rings is 2. The van der Waals surface area contributed by atoms with Crippen LogP contribution in [0.1, 0.15) is 15.9 Å². The standard InChI is InChI=1S/C16H11BrClNO/c17-11-3-1-2-10(6-11)7-16(20)14-9-19-15-5-4-12(18)8-13(14)15/h1-6,8-9,19H,7H2. The Bertz CT molecular complexity index is 794. The number of hydrogen-bond donors (Lipinski definition) is 1. The van der Waals surface area contributed by atoms with Crippen LogP contribution in [0.3, 0.4) is 0 Å². The number of aromatic amines is 1. The minimum absolute atomic E-state index is 0.0802. The van der Waals surface area contributed by atoms with E-state index in [4.69, 9.17) is 11.6 Å². The summed E-state index contributed by atoms with van der Waals surface area (Å²) in [4.78, 5) is 15.5. The van der Waals surface area contributed by atoms with Gasteiger partial charge in [0.15, 0.2) is 5.78 Å². The van der Waals surface area contributed by atoms with Crippen molar-refractivity contribution in [1.82, 2.24) is 4.98 Å². The summed E-state index contributed by atoms with van der Waals surface area (Å²) < 4.78 is 0.977. The maximum Gasteiger partial charge on any atom is 0.169 e. The second-order valence-corrected chi connectivity index (χ2v) is 5.97. The number of carbonyl (C=O) groups excluding carboxylic acids is 1. The molecule has 4 heteroatoms. The molecule has 20 heavy (non-hydrogen) atoms. The lowest BCUT2D eigenvalue weighted by atomic mass is 10.0. The molecule has 1 heterocycles. The topological polar surface area (TPSA) is 32.9 Å². The van der Waals surface area contributed by atoms with Gasteiger partial charge in [0.2, 0.25) is 0 Å². The van der Waals surface area contributed by atoms with Crippen LogP contribution in [-0.4, -0.2) is 10.8 Å². The monoisotopic (exact) mass is 347 g/mol. The Kier molecular flexibility index (Phi) is 3.64.